The predicted octanol–water partition coefficient (Wildman–Crippen LogP) is 1.57. The largest absolute Gasteiger partial charge is 0.493 e. The number of carbonyl (C=O) groups excluding carboxylic acids is 1. The van der Waals surface area contributed by atoms with E-state index >= 15 is 0 Å². The lowest BCUT2D eigenvalue weighted by Gasteiger charge is -2.12. The van der Waals surface area contributed by atoms with E-state index in [0.29, 0.717) is 6.42 Å². The molecule has 0 radical (unpaired) electrons. The van der Waals surface area contributed by atoms with Crippen LogP contribution in [0.25, 0.3) is 0 Å². The summed E-state index contributed by atoms with van der Waals surface area (Å²) in [6.07, 6.45) is 1.64. The summed E-state index contributed by atoms with van der Waals surface area (Å²) in [6, 6.07) is 4.48. The van der Waals surface area contributed by atoms with Gasteiger partial charge in [-0.2, -0.15) is 13.9 Å². The van der Waals surface area contributed by atoms with Gasteiger partial charge in [-0.3, -0.25) is 4.79 Å². The number of benzene rings is 1. The third kappa shape index (κ3) is 5.66. The Morgan fingerprint density at radius 2 is 2.24 bits per heavy atom. The first-order chi connectivity index (χ1) is 11.8. The number of sulfone groups is 1. The Bertz CT molecular complexity index is 752. The highest BCUT2D eigenvalue weighted by Crippen LogP contribution is 2.31. The standard InChI is InChI=1S/C15H18F2N2O5S/c1-23-12-4-2-3-11(14(12)24-15(16)17)8-18-19-13(20)7-10-5-6-25(21,22)9-10/h2-4,8,10,15H,5-7,9H2,1H3,(H,19,20)/b18-8-/t10-/m0/s1. The molecule has 0 spiro atoms. The second-order valence-corrected chi connectivity index (χ2v) is 7.75. The van der Waals surface area contributed by atoms with Gasteiger partial charge >= 0.3 is 6.61 Å². The minimum atomic E-state index is -3.05. The Labute approximate surface area is 143 Å². The zero-order chi connectivity index (χ0) is 18.4. The summed E-state index contributed by atoms with van der Waals surface area (Å²) in [4.78, 5) is 11.8. The van der Waals surface area contributed by atoms with Crippen molar-refractivity contribution in [2.45, 2.75) is 19.5 Å². The molecular formula is C15H18F2N2O5S. The molecule has 7 nitrogen and oxygen atoms in total. The number of halogens is 2. The molecule has 1 atom stereocenters. The van der Waals surface area contributed by atoms with Gasteiger partial charge in [0, 0.05) is 12.0 Å². The Balaban J connectivity index is 1.98. The van der Waals surface area contributed by atoms with Crippen LogP contribution in [0.4, 0.5) is 8.78 Å². The van der Waals surface area contributed by atoms with Crippen molar-refractivity contribution in [1.29, 1.82) is 0 Å². The van der Waals surface area contributed by atoms with Crippen molar-refractivity contribution in [1.82, 2.24) is 5.43 Å². The van der Waals surface area contributed by atoms with Gasteiger partial charge in [-0.1, -0.05) is 6.07 Å². The molecule has 0 saturated carbocycles. The molecule has 25 heavy (non-hydrogen) atoms. The Hall–Kier alpha value is -2.23. The fourth-order valence-corrected chi connectivity index (χ4v) is 4.39. The van der Waals surface area contributed by atoms with Gasteiger partial charge in [0.1, 0.15) is 0 Å². The van der Waals surface area contributed by atoms with Crippen LogP contribution < -0.4 is 14.9 Å². The number of amides is 1. The van der Waals surface area contributed by atoms with Gasteiger partial charge in [-0.05, 0) is 24.5 Å². The van der Waals surface area contributed by atoms with Crippen molar-refractivity contribution in [2.24, 2.45) is 11.0 Å². The quantitative estimate of drug-likeness (QED) is 0.576. The molecule has 1 heterocycles. The molecule has 2 rings (SSSR count). The van der Waals surface area contributed by atoms with E-state index in [1.54, 1.807) is 6.07 Å². The number of rotatable bonds is 7. The van der Waals surface area contributed by atoms with Crippen molar-refractivity contribution in [3.63, 3.8) is 0 Å². The van der Waals surface area contributed by atoms with Gasteiger partial charge < -0.3 is 9.47 Å². The molecule has 1 N–H and O–H groups in total. The molecule has 0 aromatic heterocycles. The Morgan fingerprint density at radius 3 is 2.84 bits per heavy atom. The van der Waals surface area contributed by atoms with Crippen LogP contribution >= 0.6 is 0 Å². The predicted molar refractivity (Wildman–Crippen MR) is 86.7 cm³/mol. The first-order valence-electron chi connectivity index (χ1n) is 7.45. The van der Waals surface area contributed by atoms with Crippen molar-refractivity contribution in [3.05, 3.63) is 23.8 Å². The fraction of sp³-hybridized carbons (Fsp3) is 0.467. The van der Waals surface area contributed by atoms with E-state index in [4.69, 9.17) is 4.74 Å². The maximum absolute atomic E-state index is 12.5. The smallest absolute Gasteiger partial charge is 0.387 e. The Morgan fingerprint density at radius 1 is 1.48 bits per heavy atom. The summed E-state index contributed by atoms with van der Waals surface area (Å²) < 4.78 is 57.1. The lowest BCUT2D eigenvalue weighted by Crippen LogP contribution is -2.21. The van der Waals surface area contributed by atoms with Gasteiger partial charge in [-0.15, -0.1) is 0 Å². The monoisotopic (exact) mass is 376 g/mol. The molecule has 1 aliphatic rings. The normalized spacial score (nSPS) is 19.3. The molecule has 10 heteroatoms. The highest BCUT2D eigenvalue weighted by molar-refractivity contribution is 7.91. The summed E-state index contributed by atoms with van der Waals surface area (Å²) in [6.45, 7) is -3.04. The van der Waals surface area contributed by atoms with Gasteiger partial charge in [0.25, 0.3) is 0 Å². The minimum Gasteiger partial charge on any atom is -0.493 e. The van der Waals surface area contributed by atoms with Crippen LogP contribution in [0.15, 0.2) is 23.3 Å². The molecule has 138 valence electrons. The summed E-state index contributed by atoms with van der Waals surface area (Å²) >= 11 is 0. The molecule has 1 fully saturated rings. The van der Waals surface area contributed by atoms with E-state index in [-0.39, 0.29) is 40.9 Å². The zero-order valence-corrected chi connectivity index (χ0v) is 14.3. The molecule has 0 aliphatic carbocycles. The molecule has 1 aliphatic heterocycles. The highest BCUT2D eigenvalue weighted by atomic mass is 32.2. The Kier molecular flexibility index (Phi) is 6.29. The average Bonchev–Trinajstić information content (AvgIpc) is 2.86. The number of hydrogen-bond acceptors (Lipinski definition) is 6. The third-order valence-corrected chi connectivity index (χ3v) is 5.47. The maximum Gasteiger partial charge on any atom is 0.387 e. The SMILES string of the molecule is COc1cccc(/C=N\NC(=O)C[C@@H]2CCS(=O)(=O)C2)c1OC(F)F. The van der Waals surface area contributed by atoms with E-state index in [2.05, 4.69) is 15.3 Å². The zero-order valence-electron chi connectivity index (χ0n) is 13.4. The fourth-order valence-electron chi connectivity index (χ4n) is 2.53. The average molecular weight is 376 g/mol. The summed E-state index contributed by atoms with van der Waals surface area (Å²) in [5.41, 5.74) is 2.45. The van der Waals surface area contributed by atoms with E-state index < -0.39 is 22.4 Å². The van der Waals surface area contributed by atoms with Crippen LogP contribution in [0.2, 0.25) is 0 Å². The molecule has 1 saturated heterocycles. The van der Waals surface area contributed by atoms with Gasteiger partial charge in [0.05, 0.1) is 24.8 Å². The minimum absolute atomic E-state index is 0.00754. The lowest BCUT2D eigenvalue weighted by molar-refractivity contribution is -0.121. The van der Waals surface area contributed by atoms with Crippen molar-refractivity contribution in [3.8, 4) is 11.5 Å². The van der Waals surface area contributed by atoms with Crippen LogP contribution in [0.5, 0.6) is 11.5 Å². The first-order valence-corrected chi connectivity index (χ1v) is 9.27. The van der Waals surface area contributed by atoms with E-state index in [9.17, 15) is 22.0 Å². The second-order valence-electron chi connectivity index (χ2n) is 5.52. The topological polar surface area (TPSA) is 94.1 Å². The maximum atomic E-state index is 12.5. The van der Waals surface area contributed by atoms with Crippen LogP contribution in [0, 0.1) is 5.92 Å². The number of nitrogens with zero attached hydrogens (tertiary/aromatic N) is 1. The molecule has 0 unspecified atom stereocenters. The van der Waals surface area contributed by atoms with Crippen molar-refractivity contribution in [2.75, 3.05) is 18.6 Å². The van der Waals surface area contributed by atoms with E-state index in [1.165, 1.54) is 19.2 Å². The van der Waals surface area contributed by atoms with Gasteiger partial charge in [0.2, 0.25) is 5.91 Å². The highest BCUT2D eigenvalue weighted by Gasteiger charge is 2.29. The van der Waals surface area contributed by atoms with Gasteiger partial charge in [-0.25, -0.2) is 13.8 Å². The summed E-state index contributed by atoms with van der Waals surface area (Å²) in [5, 5.41) is 3.71. The summed E-state index contributed by atoms with van der Waals surface area (Å²) in [5.74, 6) is -0.683. The van der Waals surface area contributed by atoms with E-state index in [1.807, 2.05) is 0 Å². The number of methoxy groups -OCH3 is 1. The van der Waals surface area contributed by atoms with Crippen LogP contribution in [0.3, 0.4) is 0 Å². The number of carbonyl (C=O) groups is 1. The number of hydrazone groups is 1. The second kappa shape index (κ2) is 8.24. The molecule has 0 bridgehead atoms. The van der Waals surface area contributed by atoms with Crippen LogP contribution in [-0.2, 0) is 14.6 Å². The number of nitrogens with one attached hydrogen (secondary N) is 1. The molecule has 1 aromatic carbocycles. The number of hydrogen-bond donors (Lipinski definition) is 1. The van der Waals surface area contributed by atoms with Crippen LogP contribution in [0.1, 0.15) is 18.4 Å². The molecular weight excluding hydrogens is 358 g/mol. The number of alkyl halides is 2. The third-order valence-electron chi connectivity index (χ3n) is 3.63. The first kappa shape index (κ1) is 19.1. The van der Waals surface area contributed by atoms with Crippen molar-refractivity contribution >= 4 is 22.0 Å². The lowest BCUT2D eigenvalue weighted by atomic mass is 10.1. The number of para-hydroxylation sites is 1. The number of ether oxygens (including phenoxy) is 2. The molecule has 1 aromatic rings. The van der Waals surface area contributed by atoms with Crippen LogP contribution in [-0.4, -0.2) is 45.8 Å². The van der Waals surface area contributed by atoms with Gasteiger partial charge in [0.15, 0.2) is 21.3 Å². The van der Waals surface area contributed by atoms with E-state index in [0.717, 1.165) is 6.21 Å². The van der Waals surface area contributed by atoms with Crippen molar-refractivity contribution < 1.29 is 31.5 Å². The summed E-state index contributed by atoms with van der Waals surface area (Å²) in [7, 11) is -1.74. The molecule has 1 amide bonds.